The summed E-state index contributed by atoms with van der Waals surface area (Å²) in [4.78, 5) is 11.3. The van der Waals surface area contributed by atoms with Gasteiger partial charge in [0.05, 0.1) is 26.4 Å². The predicted octanol–water partition coefficient (Wildman–Crippen LogP) is 0.842. The molecule has 0 aromatic heterocycles. The molecule has 0 bridgehead atoms. The van der Waals surface area contributed by atoms with Crippen molar-refractivity contribution in [3.05, 3.63) is 0 Å². The van der Waals surface area contributed by atoms with Crippen molar-refractivity contribution in [3.8, 4) is 0 Å². The second kappa shape index (κ2) is 12.7. The van der Waals surface area contributed by atoms with Crippen molar-refractivity contribution in [3.63, 3.8) is 0 Å². The third kappa shape index (κ3) is 15.6. The van der Waals surface area contributed by atoms with Crippen molar-refractivity contribution >= 4 is 18.5 Å². The van der Waals surface area contributed by atoms with Gasteiger partial charge in [-0.25, -0.2) is 0 Å². The summed E-state index contributed by atoms with van der Waals surface area (Å²) in [5.41, 5.74) is 0. The summed E-state index contributed by atoms with van der Waals surface area (Å²) >= 11 is 4.16. The lowest BCUT2D eigenvalue weighted by Gasteiger charge is -2.09. The van der Waals surface area contributed by atoms with Gasteiger partial charge in [0.2, 0.25) is 5.91 Å². The van der Waals surface area contributed by atoms with E-state index in [9.17, 15) is 4.79 Å². The van der Waals surface area contributed by atoms with Crippen molar-refractivity contribution < 1.29 is 14.3 Å². The summed E-state index contributed by atoms with van der Waals surface area (Å²) in [6.45, 7) is 9.84. The molecular formula is C13H28N2O3S. The monoisotopic (exact) mass is 292 g/mol. The molecular weight excluding hydrogens is 264 g/mol. The van der Waals surface area contributed by atoms with E-state index < -0.39 is 0 Å². The van der Waals surface area contributed by atoms with E-state index in [1.54, 1.807) is 0 Å². The lowest BCUT2D eigenvalue weighted by molar-refractivity contribution is -0.121. The summed E-state index contributed by atoms with van der Waals surface area (Å²) < 4.78 is 10.7. The van der Waals surface area contributed by atoms with Gasteiger partial charge in [-0.05, 0) is 0 Å². The molecule has 0 saturated carbocycles. The Labute approximate surface area is 122 Å². The molecule has 0 radical (unpaired) electrons. The Morgan fingerprint density at radius 3 is 2.16 bits per heavy atom. The van der Waals surface area contributed by atoms with E-state index >= 15 is 0 Å². The summed E-state index contributed by atoms with van der Waals surface area (Å²) in [6.07, 6.45) is 0.440. The average molecular weight is 292 g/mol. The molecule has 1 amide bonds. The minimum absolute atomic E-state index is 0.0158. The van der Waals surface area contributed by atoms with Crippen LogP contribution in [-0.2, 0) is 14.3 Å². The van der Waals surface area contributed by atoms with Gasteiger partial charge in [-0.2, -0.15) is 12.6 Å². The molecule has 2 N–H and O–H groups in total. The van der Waals surface area contributed by atoms with Crippen LogP contribution in [0, 0.1) is 0 Å². The normalized spacial score (nSPS) is 12.7. The Kier molecular flexibility index (Phi) is 12.5. The van der Waals surface area contributed by atoms with Crippen molar-refractivity contribution in [1.82, 2.24) is 10.6 Å². The van der Waals surface area contributed by atoms with E-state index in [4.69, 9.17) is 9.47 Å². The number of ether oxygens (including phenoxy) is 2. The van der Waals surface area contributed by atoms with E-state index in [1.165, 1.54) is 0 Å². The van der Waals surface area contributed by atoms with Crippen molar-refractivity contribution in [2.75, 3.05) is 39.5 Å². The minimum Gasteiger partial charge on any atom is -0.378 e. The fourth-order valence-corrected chi connectivity index (χ4v) is 1.51. The van der Waals surface area contributed by atoms with Gasteiger partial charge in [0.1, 0.15) is 0 Å². The maximum atomic E-state index is 11.3. The molecule has 0 spiro atoms. The fourth-order valence-electron chi connectivity index (χ4n) is 1.34. The van der Waals surface area contributed by atoms with Crippen LogP contribution in [0.1, 0.15) is 27.2 Å². The highest BCUT2D eigenvalue weighted by Gasteiger charge is 2.03. The van der Waals surface area contributed by atoms with Gasteiger partial charge < -0.3 is 20.1 Å². The second-order valence-corrected chi connectivity index (χ2v) is 5.62. The van der Waals surface area contributed by atoms with E-state index in [-0.39, 0.29) is 11.2 Å². The Morgan fingerprint density at radius 2 is 1.63 bits per heavy atom. The smallest absolute Gasteiger partial charge is 0.221 e. The maximum Gasteiger partial charge on any atom is 0.221 e. The number of hydrogen-bond acceptors (Lipinski definition) is 5. The summed E-state index contributed by atoms with van der Waals surface area (Å²) in [5.74, 6) is 0.0158. The van der Waals surface area contributed by atoms with E-state index in [1.807, 2.05) is 6.92 Å². The minimum atomic E-state index is 0.0158. The molecule has 19 heavy (non-hydrogen) atoms. The van der Waals surface area contributed by atoms with Crippen LogP contribution < -0.4 is 10.6 Å². The molecule has 1 atom stereocenters. The van der Waals surface area contributed by atoms with Gasteiger partial charge in [0, 0.05) is 30.8 Å². The largest absolute Gasteiger partial charge is 0.378 e. The van der Waals surface area contributed by atoms with E-state index in [2.05, 4.69) is 37.1 Å². The quantitative estimate of drug-likeness (QED) is 0.368. The number of nitrogens with one attached hydrogen (secondary N) is 2. The molecule has 0 aromatic carbocycles. The Bertz CT molecular complexity index is 226. The lowest BCUT2D eigenvalue weighted by atomic mass is 10.3. The Balaban J connectivity index is 3.13. The van der Waals surface area contributed by atoms with Crippen molar-refractivity contribution in [2.45, 2.75) is 38.5 Å². The SMILES string of the molecule is CC(C)NCCOCCOCCNC(=O)C[C@H](C)S. The third-order valence-electron chi connectivity index (χ3n) is 2.22. The van der Waals surface area contributed by atoms with Crippen LogP contribution in [0.4, 0.5) is 0 Å². The van der Waals surface area contributed by atoms with Crippen LogP contribution in [-0.4, -0.2) is 56.7 Å². The molecule has 5 nitrogen and oxygen atoms in total. The molecule has 0 aliphatic rings. The van der Waals surface area contributed by atoms with Crippen LogP contribution in [0.15, 0.2) is 0 Å². The first kappa shape index (κ1) is 18.7. The number of amides is 1. The maximum absolute atomic E-state index is 11.3. The zero-order valence-corrected chi connectivity index (χ0v) is 13.2. The van der Waals surface area contributed by atoms with Gasteiger partial charge in [-0.15, -0.1) is 0 Å². The number of rotatable bonds is 12. The first-order chi connectivity index (χ1) is 9.02. The topological polar surface area (TPSA) is 59.6 Å². The van der Waals surface area contributed by atoms with Crippen molar-refractivity contribution in [2.24, 2.45) is 0 Å². The highest BCUT2D eigenvalue weighted by molar-refractivity contribution is 7.80. The van der Waals surface area contributed by atoms with Gasteiger partial charge in [-0.3, -0.25) is 4.79 Å². The first-order valence-corrected chi connectivity index (χ1v) is 7.37. The first-order valence-electron chi connectivity index (χ1n) is 6.86. The van der Waals surface area contributed by atoms with Crippen LogP contribution in [0.3, 0.4) is 0 Å². The number of thiol groups is 1. The lowest BCUT2D eigenvalue weighted by Crippen LogP contribution is -2.29. The van der Waals surface area contributed by atoms with E-state index in [0.29, 0.717) is 45.4 Å². The number of carbonyl (C=O) groups is 1. The molecule has 0 unspecified atom stereocenters. The zero-order chi connectivity index (χ0) is 14.5. The number of hydrogen-bond donors (Lipinski definition) is 3. The highest BCUT2D eigenvalue weighted by Crippen LogP contribution is 1.97. The molecule has 0 saturated heterocycles. The third-order valence-corrected chi connectivity index (χ3v) is 2.40. The molecule has 0 aliphatic heterocycles. The van der Waals surface area contributed by atoms with Crippen LogP contribution in [0.2, 0.25) is 0 Å². The molecule has 0 heterocycles. The molecule has 0 rings (SSSR count). The van der Waals surface area contributed by atoms with Gasteiger partial charge in [0.25, 0.3) is 0 Å². The molecule has 6 heteroatoms. The molecule has 0 fully saturated rings. The van der Waals surface area contributed by atoms with Crippen LogP contribution in [0.25, 0.3) is 0 Å². The second-order valence-electron chi connectivity index (χ2n) is 4.74. The van der Waals surface area contributed by atoms with Crippen molar-refractivity contribution in [1.29, 1.82) is 0 Å². The Morgan fingerprint density at radius 1 is 1.05 bits per heavy atom. The molecule has 0 aliphatic carbocycles. The predicted molar refractivity (Wildman–Crippen MR) is 80.9 cm³/mol. The highest BCUT2D eigenvalue weighted by atomic mass is 32.1. The van der Waals surface area contributed by atoms with Crippen LogP contribution >= 0.6 is 12.6 Å². The van der Waals surface area contributed by atoms with Gasteiger partial charge >= 0.3 is 0 Å². The average Bonchev–Trinajstić information content (AvgIpc) is 2.30. The van der Waals surface area contributed by atoms with Crippen LogP contribution in [0.5, 0.6) is 0 Å². The summed E-state index contributed by atoms with van der Waals surface area (Å²) in [6, 6.07) is 0.489. The number of carbonyl (C=O) groups excluding carboxylic acids is 1. The van der Waals surface area contributed by atoms with Gasteiger partial charge in [0.15, 0.2) is 0 Å². The van der Waals surface area contributed by atoms with Gasteiger partial charge in [-0.1, -0.05) is 20.8 Å². The molecule has 114 valence electrons. The molecule has 0 aromatic rings. The Hall–Kier alpha value is -0.300. The summed E-state index contributed by atoms with van der Waals surface area (Å²) in [7, 11) is 0. The zero-order valence-electron chi connectivity index (χ0n) is 12.3. The fraction of sp³-hybridized carbons (Fsp3) is 0.923. The van der Waals surface area contributed by atoms with E-state index in [0.717, 1.165) is 6.54 Å². The summed E-state index contributed by atoms with van der Waals surface area (Å²) in [5, 5.41) is 6.13. The standard InChI is InChI=1S/C13H28N2O3S/c1-11(2)14-4-6-17-8-9-18-7-5-15-13(16)10-12(3)19/h11-12,14,19H,4-10H2,1-3H3,(H,15,16)/t12-/m0/s1.